The van der Waals surface area contributed by atoms with E-state index in [1.807, 2.05) is 25.1 Å². The van der Waals surface area contributed by atoms with Gasteiger partial charge in [-0.2, -0.15) is 0 Å². The van der Waals surface area contributed by atoms with Gasteiger partial charge in [-0.15, -0.1) is 0 Å². The highest BCUT2D eigenvalue weighted by Gasteiger charge is 2.07. The average Bonchev–Trinajstić information content (AvgIpc) is 2.30. The molecule has 2 heteroatoms. The molecule has 1 aromatic rings. The van der Waals surface area contributed by atoms with Crippen molar-refractivity contribution in [1.29, 1.82) is 0 Å². The first-order chi connectivity index (χ1) is 8.56. The molecular formula is C17H26O2. The van der Waals surface area contributed by atoms with Crippen molar-refractivity contribution in [2.24, 2.45) is 0 Å². The molecule has 0 unspecified atom stereocenters. The summed E-state index contributed by atoms with van der Waals surface area (Å²) >= 11 is 0. The third-order valence-corrected chi connectivity index (χ3v) is 2.52. The molecule has 0 aromatic heterocycles. The number of hydrogen-bond acceptors (Lipinski definition) is 2. The third-order valence-electron chi connectivity index (χ3n) is 2.52. The lowest BCUT2D eigenvalue weighted by molar-refractivity contribution is 0.352. The van der Waals surface area contributed by atoms with Gasteiger partial charge in [0.1, 0.15) is 0 Å². The Morgan fingerprint density at radius 2 is 1.89 bits per heavy atom. The lowest BCUT2D eigenvalue weighted by Crippen LogP contribution is -1.97. The predicted octanol–water partition coefficient (Wildman–Crippen LogP) is 5.14. The molecule has 0 spiro atoms. The van der Waals surface area contributed by atoms with Crippen LogP contribution in [0.25, 0.3) is 0 Å². The van der Waals surface area contributed by atoms with Crippen molar-refractivity contribution < 1.29 is 9.47 Å². The molecule has 1 aromatic carbocycles. The van der Waals surface area contributed by atoms with Gasteiger partial charge in [-0.25, -0.2) is 0 Å². The molecule has 0 aliphatic heterocycles. The number of benzene rings is 1. The minimum atomic E-state index is 0. The fourth-order valence-electron chi connectivity index (χ4n) is 1.74. The molecule has 0 amide bonds. The fraction of sp³-hybridized carbons (Fsp3) is 0.412. The minimum Gasteiger partial charge on any atom is -0.493 e. The topological polar surface area (TPSA) is 18.5 Å². The summed E-state index contributed by atoms with van der Waals surface area (Å²) in [6.45, 7) is 11.9. The molecule has 0 atom stereocenters. The average molecular weight is 262 g/mol. The Bertz CT molecular complexity index is 433. The Balaban J connectivity index is 0.00000324. The van der Waals surface area contributed by atoms with Crippen LogP contribution in [0.2, 0.25) is 0 Å². The van der Waals surface area contributed by atoms with Gasteiger partial charge in [-0.3, -0.25) is 0 Å². The molecule has 2 nitrogen and oxygen atoms in total. The second kappa shape index (κ2) is 8.41. The summed E-state index contributed by atoms with van der Waals surface area (Å²) in [6.07, 6.45) is 2.73. The molecule has 0 aliphatic rings. The van der Waals surface area contributed by atoms with Crippen molar-refractivity contribution in [3.63, 3.8) is 0 Å². The van der Waals surface area contributed by atoms with Crippen LogP contribution in [0.3, 0.4) is 0 Å². The van der Waals surface area contributed by atoms with Crippen LogP contribution in [0.5, 0.6) is 11.5 Å². The summed E-state index contributed by atoms with van der Waals surface area (Å²) < 4.78 is 11.0. The van der Waals surface area contributed by atoms with Crippen molar-refractivity contribution >= 4 is 0 Å². The summed E-state index contributed by atoms with van der Waals surface area (Å²) in [4.78, 5) is 0. The minimum absolute atomic E-state index is 0. The van der Waals surface area contributed by atoms with E-state index in [0.29, 0.717) is 0 Å². The fourth-order valence-corrected chi connectivity index (χ4v) is 1.74. The predicted molar refractivity (Wildman–Crippen MR) is 82.9 cm³/mol. The van der Waals surface area contributed by atoms with Crippen LogP contribution in [0, 0.1) is 0 Å². The highest BCUT2D eigenvalue weighted by Crippen LogP contribution is 2.30. The summed E-state index contributed by atoms with van der Waals surface area (Å²) in [6, 6.07) is 5.95. The van der Waals surface area contributed by atoms with E-state index in [1.54, 1.807) is 7.11 Å². The van der Waals surface area contributed by atoms with Crippen molar-refractivity contribution in [2.75, 3.05) is 7.11 Å². The number of hydrogen-bond donors (Lipinski definition) is 0. The van der Waals surface area contributed by atoms with Gasteiger partial charge in [0.2, 0.25) is 0 Å². The monoisotopic (exact) mass is 262 g/mol. The van der Waals surface area contributed by atoms with Crippen LogP contribution < -0.4 is 9.47 Å². The molecule has 0 N–H and O–H groups in total. The van der Waals surface area contributed by atoms with Crippen LogP contribution in [0.1, 0.15) is 39.7 Å². The zero-order valence-electron chi connectivity index (χ0n) is 11.6. The molecular weight excluding hydrogens is 236 g/mol. The van der Waals surface area contributed by atoms with E-state index in [2.05, 4.69) is 20.1 Å². The first kappa shape index (κ1) is 17.3. The van der Waals surface area contributed by atoms with Gasteiger partial charge in [0.15, 0.2) is 11.5 Å². The molecule has 0 fully saturated rings. The van der Waals surface area contributed by atoms with Gasteiger partial charge in [-0.05, 0) is 37.5 Å². The number of allylic oxidation sites excluding steroid dienone is 2. The van der Waals surface area contributed by atoms with E-state index in [9.17, 15) is 0 Å². The van der Waals surface area contributed by atoms with Crippen molar-refractivity contribution in [2.45, 2.75) is 40.5 Å². The lowest BCUT2D eigenvalue weighted by Gasteiger charge is -2.13. The van der Waals surface area contributed by atoms with Crippen molar-refractivity contribution in [3.05, 3.63) is 48.3 Å². The van der Waals surface area contributed by atoms with E-state index >= 15 is 0 Å². The summed E-state index contributed by atoms with van der Waals surface area (Å²) in [7, 11) is 1.65. The Morgan fingerprint density at radius 3 is 2.42 bits per heavy atom. The van der Waals surface area contributed by atoms with Gasteiger partial charge in [0, 0.05) is 6.42 Å². The largest absolute Gasteiger partial charge is 0.493 e. The summed E-state index contributed by atoms with van der Waals surface area (Å²) in [5, 5.41) is 0. The Hall–Kier alpha value is -1.70. The molecule has 1 rings (SSSR count). The Labute approximate surface area is 117 Å². The molecule has 19 heavy (non-hydrogen) atoms. The first-order valence-corrected chi connectivity index (χ1v) is 6.23. The summed E-state index contributed by atoms with van der Waals surface area (Å²) in [5.41, 5.74) is 2.30. The van der Waals surface area contributed by atoms with Crippen LogP contribution in [-0.4, -0.2) is 7.11 Å². The second-order valence-corrected chi connectivity index (χ2v) is 4.51. The standard InChI is InChI=1S/C16H22O2.CH4/c1-6-7-13(4)18-15-9-8-14(10-12(2)3)11-16(15)17-5;/h8-9,11H,2,4,6-7,10H2,1,3,5H3;1H4. The SMILES string of the molecule is C.C=C(C)Cc1ccc(OC(=C)CCC)c(OC)c1. The Kier molecular flexibility index (Phi) is 7.66. The number of rotatable bonds is 7. The van der Waals surface area contributed by atoms with Gasteiger partial charge in [0.25, 0.3) is 0 Å². The van der Waals surface area contributed by atoms with Crippen molar-refractivity contribution in [3.8, 4) is 11.5 Å². The molecule has 0 radical (unpaired) electrons. The summed E-state index contributed by atoms with van der Waals surface area (Å²) in [5.74, 6) is 2.23. The van der Waals surface area contributed by atoms with E-state index < -0.39 is 0 Å². The molecule has 0 bridgehead atoms. The van der Waals surface area contributed by atoms with E-state index in [0.717, 1.165) is 42.1 Å². The van der Waals surface area contributed by atoms with Crippen molar-refractivity contribution in [1.82, 2.24) is 0 Å². The maximum absolute atomic E-state index is 5.69. The maximum Gasteiger partial charge on any atom is 0.168 e. The molecule has 0 saturated heterocycles. The van der Waals surface area contributed by atoms with Crippen LogP contribution in [0.15, 0.2) is 42.7 Å². The van der Waals surface area contributed by atoms with E-state index in [-0.39, 0.29) is 7.43 Å². The highest BCUT2D eigenvalue weighted by atomic mass is 16.5. The molecule has 0 heterocycles. The third kappa shape index (κ3) is 5.64. The molecule has 0 aliphatic carbocycles. The van der Waals surface area contributed by atoms with Crippen LogP contribution in [0.4, 0.5) is 0 Å². The Morgan fingerprint density at radius 1 is 1.21 bits per heavy atom. The van der Waals surface area contributed by atoms with E-state index in [4.69, 9.17) is 9.47 Å². The van der Waals surface area contributed by atoms with Gasteiger partial charge in [-0.1, -0.05) is 39.1 Å². The van der Waals surface area contributed by atoms with Gasteiger partial charge >= 0.3 is 0 Å². The lowest BCUT2D eigenvalue weighted by atomic mass is 10.1. The zero-order chi connectivity index (χ0) is 13.5. The second-order valence-electron chi connectivity index (χ2n) is 4.51. The van der Waals surface area contributed by atoms with Crippen LogP contribution in [-0.2, 0) is 6.42 Å². The molecule has 106 valence electrons. The van der Waals surface area contributed by atoms with Crippen LogP contribution >= 0.6 is 0 Å². The van der Waals surface area contributed by atoms with Gasteiger partial charge in [0.05, 0.1) is 12.9 Å². The zero-order valence-corrected chi connectivity index (χ0v) is 11.6. The normalized spacial score (nSPS) is 9.42. The number of methoxy groups -OCH3 is 1. The van der Waals surface area contributed by atoms with E-state index in [1.165, 1.54) is 5.56 Å². The number of ether oxygens (including phenoxy) is 2. The maximum atomic E-state index is 5.69. The highest BCUT2D eigenvalue weighted by molar-refractivity contribution is 5.44. The quantitative estimate of drug-likeness (QED) is 0.500. The smallest absolute Gasteiger partial charge is 0.168 e. The first-order valence-electron chi connectivity index (χ1n) is 6.23. The van der Waals surface area contributed by atoms with Gasteiger partial charge < -0.3 is 9.47 Å². The molecule has 0 saturated carbocycles.